The Morgan fingerprint density at radius 2 is 1.68 bits per heavy atom. The molecule has 0 radical (unpaired) electrons. The Bertz CT molecular complexity index is 1130. The number of fused-ring (bicyclic) bond motifs is 1. The Labute approximate surface area is 163 Å². The normalized spacial score (nSPS) is 12.1. The predicted octanol–water partition coefficient (Wildman–Crippen LogP) is 4.29. The Kier molecular flexibility index (Phi) is 4.67. The summed E-state index contributed by atoms with van der Waals surface area (Å²) in [5, 5.41) is 13.7. The molecule has 140 valence electrons. The second-order valence-electron chi connectivity index (χ2n) is 6.82. The van der Waals surface area contributed by atoms with E-state index < -0.39 is 6.23 Å². The summed E-state index contributed by atoms with van der Waals surface area (Å²) in [6.07, 6.45) is 0.994. The van der Waals surface area contributed by atoms with Crippen LogP contribution in [-0.4, -0.2) is 20.3 Å². The number of hydrogen-bond acceptors (Lipinski definition) is 4. The molecule has 0 aliphatic heterocycles. The first kappa shape index (κ1) is 17.9. The molecular weight excluding hydrogens is 350 g/mol. The van der Waals surface area contributed by atoms with E-state index in [0.29, 0.717) is 16.7 Å². The average molecular weight is 371 g/mol. The molecule has 0 amide bonds. The Hall–Kier alpha value is -3.44. The zero-order valence-corrected chi connectivity index (χ0v) is 15.8. The largest absolute Gasteiger partial charge is 0.369 e. The molecular formula is C23H21N3O2. The maximum Gasteiger partial charge on any atom is 0.193 e. The third-order valence-corrected chi connectivity index (χ3v) is 4.75. The number of benzene rings is 2. The first-order valence-corrected chi connectivity index (χ1v) is 9.12. The number of carbonyl (C=O) groups excluding carboxylic acids is 1. The molecule has 2 aromatic heterocycles. The third kappa shape index (κ3) is 3.40. The van der Waals surface area contributed by atoms with Gasteiger partial charge in [0.1, 0.15) is 5.65 Å². The SMILES string of the molecule is Cc1cc(C)n2ccc(C(O)Nc3ccc(C(=O)c4ccccc4)cc3)c2n1. The van der Waals surface area contributed by atoms with Gasteiger partial charge in [-0.15, -0.1) is 0 Å². The summed E-state index contributed by atoms with van der Waals surface area (Å²) in [5.41, 5.74) is 5.38. The van der Waals surface area contributed by atoms with Gasteiger partial charge in [0.15, 0.2) is 12.0 Å². The van der Waals surface area contributed by atoms with E-state index in [2.05, 4.69) is 10.3 Å². The molecule has 1 unspecified atom stereocenters. The van der Waals surface area contributed by atoms with Crippen LogP contribution in [-0.2, 0) is 0 Å². The summed E-state index contributed by atoms with van der Waals surface area (Å²) in [5.74, 6) is -0.0266. The molecule has 5 nitrogen and oxygen atoms in total. The van der Waals surface area contributed by atoms with Gasteiger partial charge in [0.05, 0.1) is 0 Å². The number of aryl methyl sites for hydroxylation is 2. The zero-order chi connectivity index (χ0) is 19.7. The minimum atomic E-state index is -0.908. The molecule has 2 heterocycles. The van der Waals surface area contributed by atoms with Crippen molar-refractivity contribution in [3.63, 3.8) is 0 Å². The zero-order valence-electron chi connectivity index (χ0n) is 15.8. The number of rotatable bonds is 5. The van der Waals surface area contributed by atoms with Crippen molar-refractivity contribution in [2.24, 2.45) is 0 Å². The quantitative estimate of drug-likeness (QED) is 0.406. The van der Waals surface area contributed by atoms with Gasteiger partial charge in [0, 0.05) is 40.0 Å². The Balaban J connectivity index is 1.54. The minimum Gasteiger partial charge on any atom is -0.369 e. The van der Waals surface area contributed by atoms with Crippen molar-refractivity contribution in [1.82, 2.24) is 9.38 Å². The predicted molar refractivity (Wildman–Crippen MR) is 110 cm³/mol. The number of anilines is 1. The van der Waals surface area contributed by atoms with E-state index in [9.17, 15) is 9.90 Å². The molecule has 0 spiro atoms. The van der Waals surface area contributed by atoms with E-state index in [1.54, 1.807) is 36.4 Å². The van der Waals surface area contributed by atoms with Crippen LogP contribution in [0.5, 0.6) is 0 Å². The van der Waals surface area contributed by atoms with Crippen molar-refractivity contribution in [2.45, 2.75) is 20.1 Å². The second-order valence-corrected chi connectivity index (χ2v) is 6.82. The lowest BCUT2D eigenvalue weighted by atomic mass is 10.0. The molecule has 0 bridgehead atoms. The molecule has 0 fully saturated rings. The van der Waals surface area contributed by atoms with Gasteiger partial charge in [-0.2, -0.15) is 0 Å². The van der Waals surface area contributed by atoms with E-state index >= 15 is 0 Å². The lowest BCUT2D eigenvalue weighted by molar-refractivity contribution is 0.103. The highest BCUT2D eigenvalue weighted by molar-refractivity contribution is 6.09. The van der Waals surface area contributed by atoms with Gasteiger partial charge in [-0.3, -0.25) is 4.79 Å². The lowest BCUT2D eigenvalue weighted by Crippen LogP contribution is -2.10. The van der Waals surface area contributed by atoms with E-state index in [1.165, 1.54) is 0 Å². The Morgan fingerprint density at radius 1 is 1.00 bits per heavy atom. The lowest BCUT2D eigenvalue weighted by Gasteiger charge is -2.14. The molecule has 0 aliphatic rings. The van der Waals surface area contributed by atoms with E-state index in [1.807, 2.05) is 54.8 Å². The summed E-state index contributed by atoms with van der Waals surface area (Å²) in [6, 6.07) is 20.1. The molecule has 2 aromatic carbocycles. The summed E-state index contributed by atoms with van der Waals surface area (Å²) >= 11 is 0. The number of aliphatic hydroxyl groups excluding tert-OH is 1. The van der Waals surface area contributed by atoms with Crippen molar-refractivity contribution in [3.8, 4) is 0 Å². The number of nitrogens with one attached hydrogen (secondary N) is 1. The summed E-state index contributed by atoms with van der Waals surface area (Å²) < 4.78 is 1.95. The van der Waals surface area contributed by atoms with Gasteiger partial charge < -0.3 is 14.8 Å². The van der Waals surface area contributed by atoms with Gasteiger partial charge >= 0.3 is 0 Å². The van der Waals surface area contributed by atoms with Crippen LogP contribution >= 0.6 is 0 Å². The van der Waals surface area contributed by atoms with Crippen molar-refractivity contribution < 1.29 is 9.90 Å². The van der Waals surface area contributed by atoms with E-state index in [0.717, 1.165) is 22.7 Å². The van der Waals surface area contributed by atoms with Gasteiger partial charge in [0.2, 0.25) is 0 Å². The molecule has 1 atom stereocenters. The van der Waals surface area contributed by atoms with Crippen molar-refractivity contribution in [1.29, 1.82) is 0 Å². The minimum absolute atomic E-state index is 0.0266. The number of ketones is 1. The van der Waals surface area contributed by atoms with Gasteiger partial charge in [-0.05, 0) is 50.2 Å². The van der Waals surface area contributed by atoms with E-state index in [4.69, 9.17) is 0 Å². The van der Waals surface area contributed by atoms with Gasteiger partial charge in [0.25, 0.3) is 0 Å². The van der Waals surface area contributed by atoms with Crippen molar-refractivity contribution >= 4 is 17.1 Å². The fourth-order valence-electron chi connectivity index (χ4n) is 3.34. The summed E-state index contributed by atoms with van der Waals surface area (Å²) in [6.45, 7) is 3.94. The number of carbonyl (C=O) groups is 1. The summed E-state index contributed by atoms with van der Waals surface area (Å²) in [4.78, 5) is 17.0. The first-order valence-electron chi connectivity index (χ1n) is 9.12. The van der Waals surface area contributed by atoms with Crippen molar-refractivity contribution in [3.05, 3.63) is 101 Å². The number of aliphatic hydroxyl groups is 1. The Morgan fingerprint density at radius 3 is 2.39 bits per heavy atom. The van der Waals surface area contributed by atoms with Gasteiger partial charge in [-0.1, -0.05) is 30.3 Å². The van der Waals surface area contributed by atoms with Gasteiger partial charge in [-0.25, -0.2) is 4.98 Å². The molecule has 2 N–H and O–H groups in total. The smallest absolute Gasteiger partial charge is 0.193 e. The number of nitrogens with zero attached hydrogens (tertiary/aromatic N) is 2. The first-order chi connectivity index (χ1) is 13.5. The molecule has 5 heteroatoms. The van der Waals surface area contributed by atoms with Crippen LogP contribution in [0.4, 0.5) is 5.69 Å². The van der Waals surface area contributed by atoms with Crippen LogP contribution in [0, 0.1) is 13.8 Å². The van der Waals surface area contributed by atoms with Crippen LogP contribution in [0.2, 0.25) is 0 Å². The fraction of sp³-hybridized carbons (Fsp3) is 0.130. The monoisotopic (exact) mass is 371 g/mol. The molecule has 4 aromatic rings. The second kappa shape index (κ2) is 7.29. The standard InChI is InChI=1S/C23H21N3O2/c1-15-14-16(2)26-13-12-20(22(26)24-15)23(28)25-19-10-8-18(9-11-19)21(27)17-6-4-3-5-7-17/h3-14,23,25,28H,1-2H3. The number of hydrogen-bond donors (Lipinski definition) is 2. The van der Waals surface area contributed by atoms with Crippen LogP contribution < -0.4 is 5.32 Å². The topological polar surface area (TPSA) is 66.6 Å². The maximum absolute atomic E-state index is 12.5. The highest BCUT2D eigenvalue weighted by Gasteiger charge is 2.15. The van der Waals surface area contributed by atoms with Crippen molar-refractivity contribution in [2.75, 3.05) is 5.32 Å². The van der Waals surface area contributed by atoms with E-state index in [-0.39, 0.29) is 5.78 Å². The molecule has 4 rings (SSSR count). The third-order valence-electron chi connectivity index (χ3n) is 4.75. The molecule has 0 saturated heterocycles. The average Bonchev–Trinajstić information content (AvgIpc) is 3.13. The van der Waals surface area contributed by atoms with Crippen LogP contribution in [0.1, 0.15) is 39.1 Å². The summed E-state index contributed by atoms with van der Waals surface area (Å²) in [7, 11) is 0. The highest BCUT2D eigenvalue weighted by Crippen LogP contribution is 2.23. The highest BCUT2D eigenvalue weighted by atomic mass is 16.3. The molecule has 0 aliphatic carbocycles. The fourth-order valence-corrected chi connectivity index (χ4v) is 3.34. The van der Waals surface area contributed by atoms with Crippen LogP contribution in [0.15, 0.2) is 72.9 Å². The number of aromatic nitrogens is 2. The van der Waals surface area contributed by atoms with Crippen LogP contribution in [0.25, 0.3) is 5.65 Å². The molecule has 28 heavy (non-hydrogen) atoms. The van der Waals surface area contributed by atoms with Crippen LogP contribution in [0.3, 0.4) is 0 Å². The maximum atomic E-state index is 12.5. The molecule has 0 saturated carbocycles.